The first-order valence-corrected chi connectivity index (χ1v) is 7.42. The first-order chi connectivity index (χ1) is 9.69. The fourth-order valence-electron chi connectivity index (χ4n) is 2.67. The van der Waals surface area contributed by atoms with Gasteiger partial charge >= 0.3 is 0 Å². The highest BCUT2D eigenvalue weighted by atomic mass is 35.5. The zero-order chi connectivity index (χ0) is 14.4. The van der Waals surface area contributed by atoms with Gasteiger partial charge in [-0.25, -0.2) is 4.39 Å². The van der Waals surface area contributed by atoms with E-state index in [-0.39, 0.29) is 24.1 Å². The smallest absolute Gasteiger partial charge is 0.226 e. The summed E-state index contributed by atoms with van der Waals surface area (Å²) < 4.78 is 13.1. The third-order valence-corrected chi connectivity index (χ3v) is 3.89. The molecule has 0 radical (unpaired) electrons. The molecular formula is C16H24ClFN2O. The average Bonchev–Trinajstić information content (AvgIpc) is 2.45. The Hall–Kier alpha value is -1.13. The summed E-state index contributed by atoms with van der Waals surface area (Å²) in [5.41, 5.74) is 0.754. The lowest BCUT2D eigenvalue weighted by atomic mass is 9.96. The van der Waals surface area contributed by atoms with Crippen molar-refractivity contribution in [3.8, 4) is 0 Å². The zero-order valence-electron chi connectivity index (χ0n) is 12.5. The maximum Gasteiger partial charge on any atom is 0.226 e. The van der Waals surface area contributed by atoms with E-state index < -0.39 is 0 Å². The van der Waals surface area contributed by atoms with Crippen molar-refractivity contribution >= 4 is 18.3 Å². The molecule has 0 atom stereocenters. The van der Waals surface area contributed by atoms with Crippen LogP contribution < -0.4 is 5.32 Å². The standard InChI is InChI=1S/C16H23FN2O.ClH/c1-2-18-12-13-6-8-19(9-7-13)16(20)11-14-4-3-5-15(17)10-14;/h3-5,10,13,18H,2,6-9,11-12H2,1H3;1H. The van der Waals surface area contributed by atoms with Gasteiger partial charge in [0.15, 0.2) is 0 Å². The van der Waals surface area contributed by atoms with Crippen molar-refractivity contribution in [1.29, 1.82) is 0 Å². The fourth-order valence-corrected chi connectivity index (χ4v) is 2.67. The zero-order valence-corrected chi connectivity index (χ0v) is 13.3. The molecule has 1 N–H and O–H groups in total. The molecule has 1 amide bonds. The number of carbonyl (C=O) groups is 1. The number of hydrogen-bond donors (Lipinski definition) is 1. The van der Waals surface area contributed by atoms with Crippen molar-refractivity contribution in [3.05, 3.63) is 35.6 Å². The molecule has 118 valence electrons. The van der Waals surface area contributed by atoms with Crippen LogP contribution in [0.3, 0.4) is 0 Å². The van der Waals surface area contributed by atoms with E-state index in [9.17, 15) is 9.18 Å². The Kier molecular flexibility index (Phi) is 7.68. The maximum absolute atomic E-state index is 13.1. The fraction of sp³-hybridized carbons (Fsp3) is 0.562. The van der Waals surface area contributed by atoms with Crippen LogP contribution >= 0.6 is 12.4 Å². The Morgan fingerprint density at radius 2 is 2.10 bits per heavy atom. The molecular weight excluding hydrogens is 291 g/mol. The first kappa shape index (κ1) is 17.9. The molecule has 0 unspecified atom stereocenters. The van der Waals surface area contributed by atoms with E-state index in [4.69, 9.17) is 0 Å². The molecule has 2 rings (SSSR count). The number of nitrogens with one attached hydrogen (secondary N) is 1. The summed E-state index contributed by atoms with van der Waals surface area (Å²) in [4.78, 5) is 14.1. The van der Waals surface area contributed by atoms with Gasteiger partial charge in [0.1, 0.15) is 5.82 Å². The summed E-state index contributed by atoms with van der Waals surface area (Å²) >= 11 is 0. The summed E-state index contributed by atoms with van der Waals surface area (Å²) in [6, 6.07) is 6.30. The third-order valence-electron chi connectivity index (χ3n) is 3.89. The molecule has 0 spiro atoms. The van der Waals surface area contributed by atoms with Crippen molar-refractivity contribution in [2.24, 2.45) is 5.92 Å². The lowest BCUT2D eigenvalue weighted by Crippen LogP contribution is -2.41. The van der Waals surface area contributed by atoms with Crippen LogP contribution in [0.5, 0.6) is 0 Å². The molecule has 1 heterocycles. The minimum Gasteiger partial charge on any atom is -0.342 e. The predicted octanol–water partition coefficient (Wildman–Crippen LogP) is 2.64. The van der Waals surface area contributed by atoms with E-state index in [1.54, 1.807) is 12.1 Å². The second kappa shape index (κ2) is 9.00. The Morgan fingerprint density at radius 3 is 2.71 bits per heavy atom. The largest absolute Gasteiger partial charge is 0.342 e. The van der Waals surface area contributed by atoms with Crippen LogP contribution in [0, 0.1) is 11.7 Å². The molecule has 0 aromatic heterocycles. The lowest BCUT2D eigenvalue weighted by Gasteiger charge is -2.32. The molecule has 1 aliphatic rings. The summed E-state index contributed by atoms with van der Waals surface area (Å²) in [6.45, 7) is 5.80. The van der Waals surface area contributed by atoms with Gasteiger partial charge in [0.25, 0.3) is 0 Å². The SMILES string of the molecule is CCNCC1CCN(C(=O)Cc2cccc(F)c2)CC1.Cl. The van der Waals surface area contributed by atoms with Crippen molar-refractivity contribution in [3.63, 3.8) is 0 Å². The number of nitrogens with zero attached hydrogens (tertiary/aromatic N) is 1. The Labute approximate surface area is 132 Å². The summed E-state index contributed by atoms with van der Waals surface area (Å²) in [5, 5.41) is 3.36. The molecule has 21 heavy (non-hydrogen) atoms. The molecule has 0 saturated carbocycles. The van der Waals surface area contributed by atoms with Gasteiger partial charge < -0.3 is 10.2 Å². The monoisotopic (exact) mass is 314 g/mol. The Morgan fingerprint density at radius 1 is 1.38 bits per heavy atom. The van der Waals surface area contributed by atoms with Gasteiger partial charge in [-0.3, -0.25) is 4.79 Å². The van der Waals surface area contributed by atoms with E-state index >= 15 is 0 Å². The van der Waals surface area contributed by atoms with Gasteiger partial charge in [-0.05, 0) is 49.5 Å². The molecule has 1 aromatic carbocycles. The highest BCUT2D eigenvalue weighted by Gasteiger charge is 2.22. The second-order valence-corrected chi connectivity index (χ2v) is 5.44. The number of halogens is 2. The first-order valence-electron chi connectivity index (χ1n) is 7.42. The van der Waals surface area contributed by atoms with Crippen LogP contribution in [-0.2, 0) is 11.2 Å². The molecule has 5 heteroatoms. The van der Waals surface area contributed by atoms with E-state index in [1.165, 1.54) is 12.1 Å². The number of rotatable bonds is 5. The summed E-state index contributed by atoms with van der Waals surface area (Å²) in [7, 11) is 0. The van der Waals surface area contributed by atoms with Crippen LogP contribution in [0.1, 0.15) is 25.3 Å². The van der Waals surface area contributed by atoms with E-state index in [0.29, 0.717) is 12.3 Å². The molecule has 1 aromatic rings. The number of likely N-dealkylation sites (tertiary alicyclic amines) is 1. The minimum atomic E-state index is -0.278. The average molecular weight is 315 g/mol. The molecule has 1 saturated heterocycles. The van der Waals surface area contributed by atoms with Crippen molar-refractivity contribution in [1.82, 2.24) is 10.2 Å². The quantitative estimate of drug-likeness (QED) is 0.906. The van der Waals surface area contributed by atoms with Crippen molar-refractivity contribution in [2.75, 3.05) is 26.2 Å². The molecule has 1 fully saturated rings. The molecule has 0 aliphatic carbocycles. The predicted molar refractivity (Wildman–Crippen MR) is 85.2 cm³/mol. The van der Waals surface area contributed by atoms with E-state index in [0.717, 1.165) is 44.6 Å². The normalized spacial score (nSPS) is 15.6. The van der Waals surface area contributed by atoms with Gasteiger partial charge in [-0.15, -0.1) is 12.4 Å². The van der Waals surface area contributed by atoms with Crippen LogP contribution in [-0.4, -0.2) is 37.0 Å². The summed E-state index contributed by atoms with van der Waals surface area (Å²) in [6.07, 6.45) is 2.42. The van der Waals surface area contributed by atoms with Crippen molar-refractivity contribution < 1.29 is 9.18 Å². The highest BCUT2D eigenvalue weighted by Crippen LogP contribution is 2.17. The second-order valence-electron chi connectivity index (χ2n) is 5.44. The Bertz CT molecular complexity index is 448. The van der Waals surface area contributed by atoms with Gasteiger partial charge in [0.05, 0.1) is 6.42 Å². The number of benzene rings is 1. The third kappa shape index (κ3) is 5.64. The van der Waals surface area contributed by atoms with Gasteiger partial charge in [0, 0.05) is 13.1 Å². The van der Waals surface area contributed by atoms with Gasteiger partial charge in [-0.2, -0.15) is 0 Å². The maximum atomic E-state index is 13.1. The number of carbonyl (C=O) groups excluding carboxylic acids is 1. The van der Waals surface area contributed by atoms with E-state index in [2.05, 4.69) is 12.2 Å². The Balaban J connectivity index is 0.00000220. The lowest BCUT2D eigenvalue weighted by molar-refractivity contribution is -0.131. The molecule has 1 aliphatic heterocycles. The highest BCUT2D eigenvalue weighted by molar-refractivity contribution is 5.85. The van der Waals surface area contributed by atoms with Crippen LogP contribution in [0.25, 0.3) is 0 Å². The topological polar surface area (TPSA) is 32.3 Å². The van der Waals surface area contributed by atoms with Crippen LogP contribution in [0.4, 0.5) is 4.39 Å². The van der Waals surface area contributed by atoms with Crippen LogP contribution in [0.2, 0.25) is 0 Å². The minimum absolute atomic E-state index is 0. The van der Waals surface area contributed by atoms with Crippen LogP contribution in [0.15, 0.2) is 24.3 Å². The number of hydrogen-bond acceptors (Lipinski definition) is 2. The van der Waals surface area contributed by atoms with Gasteiger partial charge in [-0.1, -0.05) is 19.1 Å². The molecule has 0 bridgehead atoms. The number of piperidine rings is 1. The van der Waals surface area contributed by atoms with E-state index in [1.807, 2.05) is 4.90 Å². The number of amides is 1. The summed E-state index contributed by atoms with van der Waals surface area (Å²) in [5.74, 6) is 0.505. The van der Waals surface area contributed by atoms with Crippen molar-refractivity contribution in [2.45, 2.75) is 26.2 Å². The molecule has 3 nitrogen and oxygen atoms in total. The van der Waals surface area contributed by atoms with Gasteiger partial charge in [0.2, 0.25) is 5.91 Å².